The Labute approximate surface area is 174 Å². The number of rotatable bonds is 5. The van der Waals surface area contributed by atoms with Crippen molar-refractivity contribution in [2.24, 2.45) is 0 Å². The molecule has 1 aliphatic heterocycles. The van der Waals surface area contributed by atoms with Gasteiger partial charge in [-0.3, -0.25) is 10.00 Å². The van der Waals surface area contributed by atoms with Crippen molar-refractivity contribution in [3.05, 3.63) is 89.6 Å². The van der Waals surface area contributed by atoms with Crippen LogP contribution in [0.25, 0.3) is 5.65 Å². The maximum absolute atomic E-state index is 11.4. The van der Waals surface area contributed by atoms with E-state index in [0.717, 1.165) is 42.8 Å². The summed E-state index contributed by atoms with van der Waals surface area (Å²) < 4.78 is 2.08. The molecule has 0 atom stereocenters. The summed E-state index contributed by atoms with van der Waals surface area (Å²) in [6, 6.07) is 16.7. The molecule has 0 radical (unpaired) electrons. The number of pyridine rings is 1. The van der Waals surface area contributed by atoms with E-state index in [1.165, 1.54) is 5.56 Å². The second-order valence-electron chi connectivity index (χ2n) is 7.89. The van der Waals surface area contributed by atoms with Crippen LogP contribution in [0.5, 0.6) is 0 Å². The molecule has 30 heavy (non-hydrogen) atoms. The predicted octanol–water partition coefficient (Wildman–Crippen LogP) is 3.34. The molecule has 4 heterocycles. The largest absolute Gasteiger partial charge is 0.477 e. The maximum atomic E-state index is 11.4. The molecule has 0 bridgehead atoms. The van der Waals surface area contributed by atoms with E-state index < -0.39 is 5.97 Å². The van der Waals surface area contributed by atoms with Crippen LogP contribution in [0, 0.1) is 0 Å². The number of likely N-dealkylation sites (tertiary alicyclic amines) is 1. The number of aromatic carboxylic acids is 1. The van der Waals surface area contributed by atoms with Gasteiger partial charge in [0, 0.05) is 29.9 Å². The summed E-state index contributed by atoms with van der Waals surface area (Å²) in [6.45, 7) is 2.29. The van der Waals surface area contributed by atoms with Gasteiger partial charge in [0.25, 0.3) is 0 Å². The molecule has 0 saturated carbocycles. The smallest absolute Gasteiger partial charge is 0.354 e. The molecule has 5 rings (SSSR count). The van der Waals surface area contributed by atoms with Crippen LogP contribution < -0.4 is 0 Å². The van der Waals surface area contributed by atoms with Crippen molar-refractivity contribution in [1.82, 2.24) is 24.5 Å². The summed E-state index contributed by atoms with van der Waals surface area (Å²) >= 11 is 0. The fourth-order valence-corrected chi connectivity index (χ4v) is 4.57. The molecule has 0 aliphatic carbocycles. The van der Waals surface area contributed by atoms with Crippen LogP contribution in [0.4, 0.5) is 0 Å². The van der Waals surface area contributed by atoms with Crippen molar-refractivity contribution in [2.45, 2.75) is 24.8 Å². The number of aromatic nitrogens is 4. The molecule has 0 spiro atoms. The number of fused-ring (bicyclic) bond motifs is 1. The van der Waals surface area contributed by atoms with Gasteiger partial charge >= 0.3 is 5.97 Å². The minimum Gasteiger partial charge on any atom is -0.477 e. The number of carbonyl (C=O) groups is 1. The Morgan fingerprint density at radius 2 is 1.87 bits per heavy atom. The molecule has 0 amide bonds. The Morgan fingerprint density at radius 3 is 2.60 bits per heavy atom. The van der Waals surface area contributed by atoms with Crippen LogP contribution in [-0.4, -0.2) is 48.6 Å². The lowest BCUT2D eigenvalue weighted by molar-refractivity contribution is 0.0687. The molecule has 2 N–H and O–H groups in total. The highest BCUT2D eigenvalue weighted by molar-refractivity contribution is 5.86. The second kappa shape index (κ2) is 7.42. The minimum absolute atomic E-state index is 0.157. The first-order valence-electron chi connectivity index (χ1n) is 10.1. The van der Waals surface area contributed by atoms with Crippen LogP contribution in [-0.2, 0) is 12.0 Å². The van der Waals surface area contributed by atoms with Crippen molar-refractivity contribution < 1.29 is 9.90 Å². The molecule has 3 aromatic heterocycles. The average Bonchev–Trinajstić information content (AvgIpc) is 3.42. The third-order valence-corrected chi connectivity index (χ3v) is 6.22. The van der Waals surface area contributed by atoms with Gasteiger partial charge < -0.3 is 9.51 Å². The standard InChI is InChI=1S/C23H23N5O2/c29-22(30)21-17(14-24-26-21)15-27-12-9-23(10-13-27,18-6-2-1-3-7-18)19-16-28-11-5-4-8-20(28)25-19/h1-8,11,14,16H,9-10,12-13,15H2,(H,24,26)(H,29,30). The highest BCUT2D eigenvalue weighted by Gasteiger charge is 2.40. The second-order valence-corrected chi connectivity index (χ2v) is 7.89. The van der Waals surface area contributed by atoms with Crippen LogP contribution in [0.3, 0.4) is 0 Å². The summed E-state index contributed by atoms with van der Waals surface area (Å²) in [5, 5.41) is 15.8. The van der Waals surface area contributed by atoms with E-state index >= 15 is 0 Å². The van der Waals surface area contributed by atoms with Gasteiger partial charge in [0.05, 0.1) is 11.9 Å². The van der Waals surface area contributed by atoms with E-state index in [0.29, 0.717) is 6.54 Å². The SMILES string of the molecule is O=C(O)c1[nH]ncc1CN1CCC(c2ccccc2)(c2cn3ccccc3n2)CC1. The van der Waals surface area contributed by atoms with Gasteiger partial charge in [0.15, 0.2) is 0 Å². The first-order chi connectivity index (χ1) is 14.7. The van der Waals surface area contributed by atoms with Crippen LogP contribution >= 0.6 is 0 Å². The summed E-state index contributed by atoms with van der Waals surface area (Å²) in [7, 11) is 0. The summed E-state index contributed by atoms with van der Waals surface area (Å²) in [5.74, 6) is -0.970. The third kappa shape index (κ3) is 3.17. The number of H-pyrrole nitrogens is 1. The van der Waals surface area contributed by atoms with Gasteiger partial charge in [0.2, 0.25) is 0 Å². The number of hydrogen-bond acceptors (Lipinski definition) is 4. The minimum atomic E-state index is -0.970. The van der Waals surface area contributed by atoms with Crippen molar-refractivity contribution in [3.8, 4) is 0 Å². The van der Waals surface area contributed by atoms with Crippen molar-refractivity contribution in [3.63, 3.8) is 0 Å². The molecule has 7 nitrogen and oxygen atoms in total. The van der Waals surface area contributed by atoms with Crippen LogP contribution in [0.2, 0.25) is 0 Å². The number of piperidine rings is 1. The van der Waals surface area contributed by atoms with Gasteiger partial charge in [0.1, 0.15) is 11.3 Å². The van der Waals surface area contributed by atoms with E-state index in [1.54, 1.807) is 6.20 Å². The van der Waals surface area contributed by atoms with E-state index in [2.05, 4.69) is 50.0 Å². The zero-order chi connectivity index (χ0) is 20.6. The fourth-order valence-electron chi connectivity index (χ4n) is 4.57. The van der Waals surface area contributed by atoms with E-state index in [-0.39, 0.29) is 11.1 Å². The van der Waals surface area contributed by atoms with E-state index in [4.69, 9.17) is 4.98 Å². The Balaban J connectivity index is 1.45. The lowest BCUT2D eigenvalue weighted by Crippen LogP contribution is -2.43. The quantitative estimate of drug-likeness (QED) is 0.536. The molecule has 0 unspecified atom stereocenters. The Bertz CT molecular complexity index is 1140. The highest BCUT2D eigenvalue weighted by atomic mass is 16.4. The molecular formula is C23H23N5O2. The lowest BCUT2D eigenvalue weighted by atomic mass is 9.70. The van der Waals surface area contributed by atoms with Crippen molar-refractivity contribution in [1.29, 1.82) is 0 Å². The average molecular weight is 401 g/mol. The monoisotopic (exact) mass is 401 g/mol. The number of nitrogens with zero attached hydrogens (tertiary/aromatic N) is 4. The lowest BCUT2D eigenvalue weighted by Gasteiger charge is -2.41. The van der Waals surface area contributed by atoms with Gasteiger partial charge in [-0.2, -0.15) is 5.10 Å². The van der Waals surface area contributed by atoms with Crippen molar-refractivity contribution >= 4 is 11.6 Å². The number of hydrogen-bond donors (Lipinski definition) is 2. The number of benzene rings is 1. The number of nitrogens with one attached hydrogen (secondary N) is 1. The van der Waals surface area contributed by atoms with Gasteiger partial charge in [-0.1, -0.05) is 36.4 Å². The number of carboxylic acid groups (broad SMARTS) is 1. The number of imidazole rings is 1. The van der Waals surface area contributed by atoms with E-state index in [9.17, 15) is 9.90 Å². The molecule has 1 aliphatic rings. The summed E-state index contributed by atoms with van der Waals surface area (Å²) in [5.41, 5.74) is 4.07. The molecule has 7 heteroatoms. The number of carboxylic acids is 1. The van der Waals surface area contributed by atoms with Crippen LogP contribution in [0.1, 0.15) is 40.2 Å². The Kier molecular flexibility index (Phi) is 4.59. The van der Waals surface area contributed by atoms with Gasteiger partial charge in [-0.15, -0.1) is 0 Å². The van der Waals surface area contributed by atoms with Gasteiger partial charge in [-0.05, 0) is 43.6 Å². The Morgan fingerprint density at radius 1 is 1.10 bits per heavy atom. The topological polar surface area (TPSA) is 86.5 Å². The summed E-state index contributed by atoms with van der Waals surface area (Å²) in [6.07, 6.45) is 7.63. The molecular weight excluding hydrogens is 378 g/mol. The first kappa shape index (κ1) is 18.6. The van der Waals surface area contributed by atoms with Crippen molar-refractivity contribution in [2.75, 3.05) is 13.1 Å². The van der Waals surface area contributed by atoms with Crippen LogP contribution in [0.15, 0.2) is 67.1 Å². The number of aromatic amines is 1. The fraction of sp³-hybridized carbons (Fsp3) is 0.261. The highest BCUT2D eigenvalue weighted by Crippen LogP contribution is 2.41. The Hall–Kier alpha value is -3.45. The van der Waals surface area contributed by atoms with E-state index in [1.807, 2.05) is 30.5 Å². The van der Waals surface area contributed by atoms with Gasteiger partial charge in [-0.25, -0.2) is 9.78 Å². The molecule has 1 aromatic carbocycles. The molecule has 152 valence electrons. The summed E-state index contributed by atoms with van der Waals surface area (Å²) in [4.78, 5) is 18.7. The normalized spacial score (nSPS) is 16.7. The maximum Gasteiger partial charge on any atom is 0.354 e. The zero-order valence-electron chi connectivity index (χ0n) is 16.5. The third-order valence-electron chi connectivity index (χ3n) is 6.22. The molecule has 1 saturated heterocycles. The molecule has 1 fully saturated rings. The molecule has 4 aromatic rings. The zero-order valence-corrected chi connectivity index (χ0v) is 16.5. The predicted molar refractivity (Wildman–Crippen MR) is 112 cm³/mol. The first-order valence-corrected chi connectivity index (χ1v) is 10.1.